The third kappa shape index (κ3) is 21.4. The molecule has 62 heavy (non-hydrogen) atoms. The summed E-state index contributed by atoms with van der Waals surface area (Å²) in [7, 11) is 13.8. The molecule has 0 saturated carbocycles. The third-order valence-corrected chi connectivity index (χ3v) is 14.8. The van der Waals surface area contributed by atoms with Crippen molar-refractivity contribution >= 4 is 137 Å². The van der Waals surface area contributed by atoms with Crippen molar-refractivity contribution < 1.29 is 38.1 Å². The first-order valence-electron chi connectivity index (χ1n) is 20.5. The molecule has 350 valence electrons. The highest BCUT2D eigenvalue weighted by Crippen LogP contribution is 2.32. The summed E-state index contributed by atoms with van der Waals surface area (Å²) in [6, 6.07) is 4.33. The van der Waals surface area contributed by atoms with Gasteiger partial charge in [-0.1, -0.05) is 59.2 Å². The average molecular weight is 1010 g/mol. The molecule has 0 spiro atoms. The highest BCUT2D eigenvalue weighted by molar-refractivity contribution is 8.24. The maximum atomic E-state index is 13.5. The summed E-state index contributed by atoms with van der Waals surface area (Å²) in [4.78, 5) is 60.4. The smallest absolute Gasteiger partial charge is 0.235 e. The number of hydrogen-bond acceptors (Lipinski definition) is 16. The number of thiocarbonyl (C=S) groups is 4. The Morgan fingerprint density at radius 3 is 0.742 bits per heavy atom. The number of rotatable bonds is 24. The van der Waals surface area contributed by atoms with Gasteiger partial charge >= 0.3 is 0 Å². The van der Waals surface area contributed by atoms with Crippen LogP contribution in [0.5, 0.6) is 0 Å². The highest BCUT2D eigenvalue weighted by atomic mass is 32.2. The lowest BCUT2D eigenvalue weighted by atomic mass is 9.88. The maximum Gasteiger partial charge on any atom is 0.235 e. The molecule has 20 heteroatoms. The molecule has 0 aliphatic carbocycles. The number of benzene rings is 1. The van der Waals surface area contributed by atoms with Crippen molar-refractivity contribution in [3.63, 3.8) is 0 Å². The van der Waals surface area contributed by atoms with Gasteiger partial charge in [-0.15, -0.1) is 0 Å². The van der Waals surface area contributed by atoms with Crippen LogP contribution in [0, 0.1) is 0 Å². The van der Waals surface area contributed by atoms with Gasteiger partial charge in [-0.05, 0) is 150 Å². The van der Waals surface area contributed by atoms with Gasteiger partial charge in [-0.3, -0.25) is 19.2 Å². The van der Waals surface area contributed by atoms with Crippen LogP contribution in [0.3, 0.4) is 0 Å². The molecule has 0 aliphatic heterocycles. The van der Waals surface area contributed by atoms with Crippen LogP contribution in [0.1, 0.15) is 75.6 Å². The van der Waals surface area contributed by atoms with Crippen molar-refractivity contribution in [3.05, 3.63) is 34.4 Å². The van der Waals surface area contributed by atoms with E-state index in [2.05, 4.69) is 12.1 Å². The zero-order chi connectivity index (χ0) is 47.1. The summed E-state index contributed by atoms with van der Waals surface area (Å²) in [6.07, 6.45) is 3.85. The Hall–Kier alpha value is -1.94. The van der Waals surface area contributed by atoms with Gasteiger partial charge in [0.2, 0.25) is 41.2 Å². The van der Waals surface area contributed by atoms with E-state index in [1.807, 2.05) is 27.7 Å². The lowest BCUT2D eigenvalue weighted by Crippen LogP contribution is -2.33. The van der Waals surface area contributed by atoms with Crippen LogP contribution in [-0.4, -0.2) is 165 Å². The molecule has 0 saturated heterocycles. The van der Waals surface area contributed by atoms with Crippen LogP contribution >= 0.6 is 95.9 Å². The summed E-state index contributed by atoms with van der Waals surface area (Å²) < 4.78 is 23.6. The molecule has 12 nitrogen and oxygen atoms in total. The Kier molecular flexibility index (Phi) is 29.1. The maximum absolute atomic E-state index is 13.5. The van der Waals surface area contributed by atoms with Gasteiger partial charge in [0.15, 0.2) is 0 Å². The van der Waals surface area contributed by atoms with Crippen LogP contribution in [0.25, 0.3) is 0 Å². The van der Waals surface area contributed by atoms with E-state index in [-0.39, 0.29) is 23.6 Å². The van der Waals surface area contributed by atoms with E-state index < -0.39 is 21.0 Å². The first kappa shape index (κ1) is 58.1. The number of thioether (sulfide) groups is 4. The Bertz CT molecular complexity index is 1450. The number of hydrogen-bond donors (Lipinski definition) is 0. The van der Waals surface area contributed by atoms with E-state index in [1.54, 1.807) is 76.0 Å². The second kappa shape index (κ2) is 31.1. The van der Waals surface area contributed by atoms with Gasteiger partial charge in [0.05, 0.1) is 47.4 Å². The third-order valence-electron chi connectivity index (χ3n) is 9.09. The minimum atomic E-state index is -0.510. The number of nitrogens with zero attached hydrogens (tertiary/aromatic N) is 4. The molecule has 0 aromatic heterocycles. The minimum absolute atomic E-state index is 0.0840. The lowest BCUT2D eigenvalue weighted by Gasteiger charge is -2.25. The standard InChI is InChI=1S/C42H66N4O8S8/c1-13-51-39(55)59-31(35(47)43(5)6)21-17-27-25-29(19-23-33(37(49)45(9)10)61-41(57)53-15-3)30(20-24-34(38(50)46(11)12)62-42(58)54-16-4)26-28(27)18-22-32(36(48)44(7)8)60-40(56)52-14-2/h25-26,31-34H,13-24H2,1-12H3. The van der Waals surface area contributed by atoms with Crippen molar-refractivity contribution in [2.45, 2.75) is 100 Å². The predicted octanol–water partition coefficient (Wildman–Crippen LogP) is 7.46. The van der Waals surface area contributed by atoms with E-state index in [0.717, 1.165) is 22.3 Å². The molecule has 1 aromatic carbocycles. The first-order valence-corrected chi connectivity index (χ1v) is 25.7. The number of aryl methyl sites for hydroxylation is 4. The molecule has 1 aromatic rings. The molecule has 4 amide bonds. The molecule has 0 bridgehead atoms. The Balaban J connectivity index is 4.06. The zero-order valence-corrected chi connectivity index (χ0v) is 44.8. The van der Waals surface area contributed by atoms with Gasteiger partial charge in [-0.2, -0.15) is 0 Å². The van der Waals surface area contributed by atoms with Crippen LogP contribution in [0.2, 0.25) is 0 Å². The fraction of sp³-hybridized carbons (Fsp3) is 0.667. The van der Waals surface area contributed by atoms with Crippen LogP contribution < -0.4 is 0 Å². The van der Waals surface area contributed by atoms with E-state index in [1.165, 1.54) is 47.0 Å². The average Bonchev–Trinajstić information content (AvgIpc) is 3.20. The predicted molar refractivity (Wildman–Crippen MR) is 277 cm³/mol. The Morgan fingerprint density at radius 1 is 0.419 bits per heavy atom. The van der Waals surface area contributed by atoms with Crippen molar-refractivity contribution in [3.8, 4) is 0 Å². The van der Waals surface area contributed by atoms with Crippen LogP contribution in [-0.2, 0) is 63.8 Å². The SMILES string of the molecule is CCOC(=S)SC(CCc1cc(CCC(SC(=S)OCC)C(=O)N(C)C)c(CCC(SC(=S)OCC)C(=O)N(C)C)cc1CCC(SC(=S)OCC)C(=O)N(C)C)C(=O)N(C)C. The molecule has 4 unspecified atom stereocenters. The fourth-order valence-corrected chi connectivity index (χ4v) is 11.8. The Labute approximate surface area is 409 Å². The normalized spacial score (nSPS) is 12.8. The molecule has 0 aliphatic rings. The minimum Gasteiger partial charge on any atom is -0.479 e. The van der Waals surface area contributed by atoms with Gasteiger partial charge < -0.3 is 38.5 Å². The second-order valence-corrected chi connectivity index (χ2v) is 21.9. The summed E-state index contributed by atoms with van der Waals surface area (Å²) in [5, 5.41) is -2.04. The van der Waals surface area contributed by atoms with E-state index in [9.17, 15) is 19.2 Å². The van der Waals surface area contributed by atoms with E-state index in [0.29, 0.717) is 95.3 Å². The van der Waals surface area contributed by atoms with Gasteiger partial charge in [0.1, 0.15) is 0 Å². The van der Waals surface area contributed by atoms with E-state index in [4.69, 9.17) is 67.8 Å². The molecular weight excluding hydrogens is 945 g/mol. The molecule has 0 heterocycles. The van der Waals surface area contributed by atoms with Crippen molar-refractivity contribution in [1.82, 2.24) is 19.6 Å². The first-order chi connectivity index (χ1) is 29.2. The summed E-state index contributed by atoms with van der Waals surface area (Å²) in [6.45, 7) is 8.97. The van der Waals surface area contributed by atoms with Crippen molar-refractivity contribution in [1.29, 1.82) is 0 Å². The van der Waals surface area contributed by atoms with Gasteiger partial charge in [0.25, 0.3) is 0 Å². The monoisotopic (exact) mass is 1010 g/mol. The number of carbonyl (C=O) groups is 4. The van der Waals surface area contributed by atoms with E-state index >= 15 is 0 Å². The summed E-state index contributed by atoms with van der Waals surface area (Å²) >= 11 is 26.9. The quantitative estimate of drug-likeness (QED) is 0.0953. The molecule has 0 radical (unpaired) electrons. The topological polar surface area (TPSA) is 118 Å². The Morgan fingerprint density at radius 2 is 0.597 bits per heavy atom. The zero-order valence-electron chi connectivity index (χ0n) is 38.3. The number of ether oxygens (including phenoxy) is 4. The number of carbonyl (C=O) groups excluding carboxylic acids is 4. The van der Waals surface area contributed by atoms with Crippen LogP contribution in [0.15, 0.2) is 12.1 Å². The van der Waals surface area contributed by atoms with Crippen LogP contribution in [0.4, 0.5) is 0 Å². The largest absolute Gasteiger partial charge is 0.479 e. The summed E-state index contributed by atoms with van der Waals surface area (Å²) in [5.41, 5.74) is 3.99. The van der Waals surface area contributed by atoms with Gasteiger partial charge in [0, 0.05) is 56.4 Å². The number of amides is 4. The molecular formula is C42H66N4O8S8. The molecule has 0 fully saturated rings. The lowest BCUT2D eigenvalue weighted by molar-refractivity contribution is -0.128. The molecule has 4 atom stereocenters. The molecule has 1 rings (SSSR count). The second-order valence-electron chi connectivity index (χ2n) is 14.6. The highest BCUT2D eigenvalue weighted by Gasteiger charge is 2.29. The molecule has 0 N–H and O–H groups in total. The van der Waals surface area contributed by atoms with Crippen molar-refractivity contribution in [2.24, 2.45) is 0 Å². The van der Waals surface area contributed by atoms with Crippen molar-refractivity contribution in [2.75, 3.05) is 82.8 Å². The van der Waals surface area contributed by atoms with Gasteiger partial charge in [-0.25, -0.2) is 0 Å². The summed E-state index contributed by atoms with van der Waals surface area (Å²) in [5.74, 6) is -0.336. The fourth-order valence-electron chi connectivity index (χ4n) is 6.02.